The number of ether oxygens (including phenoxy) is 1. The first-order valence-electron chi connectivity index (χ1n) is 12.6. The van der Waals surface area contributed by atoms with Crippen molar-refractivity contribution in [3.8, 4) is 5.75 Å². The highest BCUT2D eigenvalue weighted by atomic mass is 16.5. The van der Waals surface area contributed by atoms with Crippen LogP contribution >= 0.6 is 0 Å². The largest absolute Gasteiger partial charge is 0.497 e. The van der Waals surface area contributed by atoms with Crippen molar-refractivity contribution in [2.24, 2.45) is 0 Å². The number of hydrogen-bond acceptors (Lipinski definition) is 3. The molecule has 0 aromatic heterocycles. The smallest absolute Gasteiger partial charge is 0.243 e. The van der Waals surface area contributed by atoms with Crippen LogP contribution in [0.3, 0.4) is 0 Å². The number of nitrogens with one attached hydrogen (secondary N) is 1. The number of carbonyl (C=O) groups excluding carboxylic acids is 2. The summed E-state index contributed by atoms with van der Waals surface area (Å²) in [6.45, 7) is 8.12. The lowest BCUT2D eigenvalue weighted by Crippen LogP contribution is -2.53. The third-order valence-electron chi connectivity index (χ3n) is 6.15. The third kappa shape index (κ3) is 7.45. The van der Waals surface area contributed by atoms with Gasteiger partial charge in [-0.25, -0.2) is 0 Å². The molecule has 0 fully saturated rings. The van der Waals surface area contributed by atoms with Crippen molar-refractivity contribution >= 4 is 11.8 Å². The van der Waals surface area contributed by atoms with Crippen LogP contribution in [-0.4, -0.2) is 35.4 Å². The molecule has 0 bridgehead atoms. The summed E-state index contributed by atoms with van der Waals surface area (Å²) in [6, 6.07) is 27.2. The first-order valence-corrected chi connectivity index (χ1v) is 12.6. The van der Waals surface area contributed by atoms with E-state index in [0.717, 1.165) is 22.4 Å². The van der Waals surface area contributed by atoms with Gasteiger partial charge in [0.25, 0.3) is 0 Å². The van der Waals surface area contributed by atoms with Crippen molar-refractivity contribution < 1.29 is 14.3 Å². The molecular weight excluding hydrogens is 448 g/mol. The molecule has 2 amide bonds. The Morgan fingerprint density at radius 3 is 1.97 bits per heavy atom. The maximum atomic E-state index is 14.0. The van der Waals surface area contributed by atoms with E-state index < -0.39 is 11.6 Å². The minimum atomic E-state index is -0.588. The lowest BCUT2D eigenvalue weighted by molar-refractivity contribution is -0.142. The second-order valence-corrected chi connectivity index (χ2v) is 10.1. The van der Waals surface area contributed by atoms with E-state index in [1.807, 2.05) is 88.4 Å². The molecule has 190 valence electrons. The molecule has 0 aliphatic carbocycles. The number of carbonyl (C=O) groups is 2. The summed E-state index contributed by atoms with van der Waals surface area (Å²) >= 11 is 0. The molecule has 0 spiro atoms. The summed E-state index contributed by atoms with van der Waals surface area (Å²) in [7, 11) is 1.62. The Morgan fingerprint density at radius 1 is 0.889 bits per heavy atom. The fraction of sp³-hybridized carbons (Fsp3) is 0.355. The highest BCUT2D eigenvalue weighted by Crippen LogP contribution is 2.30. The zero-order valence-electron chi connectivity index (χ0n) is 22.0. The van der Waals surface area contributed by atoms with Gasteiger partial charge in [-0.05, 0) is 56.0 Å². The average molecular weight is 487 g/mol. The molecule has 36 heavy (non-hydrogen) atoms. The van der Waals surface area contributed by atoms with Crippen LogP contribution in [0.15, 0.2) is 84.9 Å². The molecule has 1 N–H and O–H groups in total. The summed E-state index contributed by atoms with van der Waals surface area (Å²) in [4.78, 5) is 29.1. The lowest BCUT2D eigenvalue weighted by atomic mass is 9.88. The van der Waals surface area contributed by atoms with Crippen LogP contribution in [0.5, 0.6) is 5.75 Å². The Labute approximate surface area is 215 Å². The highest BCUT2D eigenvalue weighted by molar-refractivity contribution is 5.88. The van der Waals surface area contributed by atoms with Crippen LogP contribution < -0.4 is 10.1 Å². The molecule has 1 atom stereocenters. The Balaban J connectivity index is 1.97. The number of nitrogens with zero attached hydrogens (tertiary/aromatic N) is 1. The fourth-order valence-corrected chi connectivity index (χ4v) is 4.43. The second kappa shape index (κ2) is 12.4. The van der Waals surface area contributed by atoms with Gasteiger partial charge in [0.2, 0.25) is 11.8 Å². The molecule has 5 nitrogen and oxygen atoms in total. The van der Waals surface area contributed by atoms with E-state index in [9.17, 15) is 9.59 Å². The standard InChI is InChI=1S/C31H38N2O3/c1-6-28(30(35)32-31(2,3)4)33(22-23-14-13-19-26(20-23)36-5)29(34)21-27(24-15-9-7-10-16-24)25-17-11-8-12-18-25/h7-20,27-28H,6,21-22H2,1-5H3,(H,32,35)/t28-/m0/s1. The van der Waals surface area contributed by atoms with Crippen molar-refractivity contribution in [1.29, 1.82) is 0 Å². The summed E-state index contributed by atoms with van der Waals surface area (Å²) in [6.07, 6.45) is 0.774. The molecule has 5 heteroatoms. The van der Waals surface area contributed by atoms with E-state index in [1.54, 1.807) is 12.0 Å². The minimum absolute atomic E-state index is 0.0635. The van der Waals surface area contributed by atoms with Gasteiger partial charge in [0.05, 0.1) is 7.11 Å². The molecule has 3 aromatic carbocycles. The highest BCUT2D eigenvalue weighted by Gasteiger charge is 2.32. The molecule has 3 rings (SSSR count). The van der Waals surface area contributed by atoms with Gasteiger partial charge in [0.15, 0.2) is 0 Å². The molecule has 0 aliphatic rings. The SMILES string of the molecule is CC[C@@H](C(=O)NC(C)(C)C)N(Cc1cccc(OC)c1)C(=O)CC(c1ccccc1)c1ccccc1. The first-order chi connectivity index (χ1) is 17.2. The number of amides is 2. The van der Waals surface area contributed by atoms with E-state index in [4.69, 9.17) is 4.74 Å². The second-order valence-electron chi connectivity index (χ2n) is 10.1. The quantitative estimate of drug-likeness (QED) is 0.386. The third-order valence-corrected chi connectivity index (χ3v) is 6.15. The van der Waals surface area contributed by atoms with Gasteiger partial charge in [-0.3, -0.25) is 9.59 Å². The molecule has 3 aromatic rings. The first kappa shape index (κ1) is 27.0. The summed E-state index contributed by atoms with van der Waals surface area (Å²) < 4.78 is 5.39. The molecule has 0 saturated carbocycles. The van der Waals surface area contributed by atoms with E-state index >= 15 is 0 Å². The van der Waals surface area contributed by atoms with Gasteiger partial charge in [-0.15, -0.1) is 0 Å². The van der Waals surface area contributed by atoms with Gasteiger partial charge < -0.3 is 15.0 Å². The van der Waals surface area contributed by atoms with E-state index in [0.29, 0.717) is 13.0 Å². The topological polar surface area (TPSA) is 58.6 Å². The Kier molecular flexibility index (Phi) is 9.29. The van der Waals surface area contributed by atoms with Gasteiger partial charge in [-0.2, -0.15) is 0 Å². The fourth-order valence-electron chi connectivity index (χ4n) is 4.43. The number of benzene rings is 3. The van der Waals surface area contributed by atoms with Gasteiger partial charge in [-0.1, -0.05) is 79.7 Å². The lowest BCUT2D eigenvalue weighted by Gasteiger charge is -2.34. The zero-order valence-corrected chi connectivity index (χ0v) is 22.0. The van der Waals surface area contributed by atoms with Crippen LogP contribution in [0.1, 0.15) is 63.1 Å². The summed E-state index contributed by atoms with van der Waals surface area (Å²) in [5.41, 5.74) is 2.67. The maximum absolute atomic E-state index is 14.0. The van der Waals surface area contributed by atoms with Crippen molar-refractivity contribution in [1.82, 2.24) is 10.2 Å². The van der Waals surface area contributed by atoms with Crippen LogP contribution in [0.25, 0.3) is 0 Å². The molecule has 0 radical (unpaired) electrons. The Morgan fingerprint density at radius 2 is 1.47 bits per heavy atom. The Bertz CT molecular complexity index is 1080. The molecular formula is C31H38N2O3. The van der Waals surface area contributed by atoms with Crippen molar-refractivity contribution in [3.63, 3.8) is 0 Å². The van der Waals surface area contributed by atoms with Crippen LogP contribution in [0.4, 0.5) is 0 Å². The van der Waals surface area contributed by atoms with Gasteiger partial charge in [0, 0.05) is 24.4 Å². The summed E-state index contributed by atoms with van der Waals surface area (Å²) in [5, 5.41) is 3.07. The van der Waals surface area contributed by atoms with Crippen molar-refractivity contribution in [2.45, 2.75) is 64.6 Å². The zero-order chi connectivity index (χ0) is 26.1. The number of methoxy groups -OCH3 is 1. The predicted molar refractivity (Wildman–Crippen MR) is 145 cm³/mol. The summed E-state index contributed by atoms with van der Waals surface area (Å²) in [5.74, 6) is 0.401. The van der Waals surface area contributed by atoms with E-state index in [2.05, 4.69) is 29.6 Å². The molecule has 0 unspecified atom stereocenters. The van der Waals surface area contributed by atoms with Gasteiger partial charge >= 0.3 is 0 Å². The Hall–Kier alpha value is -3.60. The predicted octanol–water partition coefficient (Wildman–Crippen LogP) is 5.94. The molecule has 0 aliphatic heterocycles. The van der Waals surface area contributed by atoms with E-state index in [1.165, 1.54) is 0 Å². The monoisotopic (exact) mass is 486 g/mol. The van der Waals surface area contributed by atoms with Crippen molar-refractivity contribution in [3.05, 3.63) is 102 Å². The van der Waals surface area contributed by atoms with E-state index in [-0.39, 0.29) is 24.2 Å². The minimum Gasteiger partial charge on any atom is -0.497 e. The normalized spacial score (nSPS) is 12.2. The van der Waals surface area contributed by atoms with Crippen molar-refractivity contribution in [2.75, 3.05) is 7.11 Å². The van der Waals surface area contributed by atoms with Gasteiger partial charge in [0.1, 0.15) is 11.8 Å². The maximum Gasteiger partial charge on any atom is 0.243 e. The average Bonchev–Trinajstić information content (AvgIpc) is 2.87. The molecule has 0 saturated heterocycles. The van der Waals surface area contributed by atoms with Crippen LogP contribution in [-0.2, 0) is 16.1 Å². The number of hydrogen-bond donors (Lipinski definition) is 1. The molecule has 0 heterocycles. The number of rotatable bonds is 10. The van der Waals surface area contributed by atoms with Crippen LogP contribution in [0, 0.1) is 0 Å². The van der Waals surface area contributed by atoms with Crippen LogP contribution in [0.2, 0.25) is 0 Å².